The first-order valence-corrected chi connectivity index (χ1v) is 4.50. The third-order valence-corrected chi connectivity index (χ3v) is 1.18. The highest BCUT2D eigenvalue weighted by Gasteiger charge is 2.26. The maximum absolute atomic E-state index is 11.4. The summed E-state index contributed by atoms with van der Waals surface area (Å²) >= 11 is 0. The van der Waals surface area contributed by atoms with Crippen molar-refractivity contribution in [3.8, 4) is 0 Å². The molecular weight excluding hydrogens is 184 g/mol. The van der Waals surface area contributed by atoms with Gasteiger partial charge in [0.15, 0.2) is 11.8 Å². The van der Waals surface area contributed by atoms with Crippen LogP contribution in [-0.2, 0) is 14.3 Å². The van der Waals surface area contributed by atoms with Crippen molar-refractivity contribution in [2.45, 2.75) is 52.2 Å². The van der Waals surface area contributed by atoms with Crippen LogP contribution in [0.5, 0.6) is 0 Å². The van der Waals surface area contributed by atoms with E-state index in [-0.39, 0.29) is 0 Å². The lowest BCUT2D eigenvalue weighted by atomic mass is 10.3. The molecular formula is C9H20N2O3. The van der Waals surface area contributed by atoms with Crippen LogP contribution in [0.3, 0.4) is 0 Å². The zero-order valence-electron chi connectivity index (χ0n) is 9.46. The van der Waals surface area contributed by atoms with E-state index in [0.717, 1.165) is 0 Å². The minimum Gasteiger partial charge on any atom is -0.443 e. The minimum atomic E-state index is -0.993. The van der Waals surface area contributed by atoms with E-state index in [1.54, 1.807) is 34.6 Å². The Hall–Kier alpha value is -0.650. The third-order valence-electron chi connectivity index (χ3n) is 1.18. The summed E-state index contributed by atoms with van der Waals surface area (Å²) in [5.41, 5.74) is 9.23. The molecule has 0 spiro atoms. The first kappa shape index (κ1) is 13.4. The molecule has 0 aromatic rings. The lowest BCUT2D eigenvalue weighted by Crippen LogP contribution is -2.45. The number of hydrogen-bond donors (Lipinski definition) is 2. The quantitative estimate of drug-likeness (QED) is 0.509. The lowest BCUT2D eigenvalue weighted by Gasteiger charge is -2.26. The van der Waals surface area contributed by atoms with Gasteiger partial charge < -0.3 is 15.2 Å². The second kappa shape index (κ2) is 4.25. The van der Waals surface area contributed by atoms with Gasteiger partial charge in [-0.3, -0.25) is 5.73 Å². The van der Waals surface area contributed by atoms with Crippen LogP contribution in [-0.4, -0.2) is 23.5 Å². The SMILES string of the molecule is CC(OC(C)(C)N)C(=O)OC(C)(C)N. The van der Waals surface area contributed by atoms with Crippen LogP contribution in [0.4, 0.5) is 0 Å². The van der Waals surface area contributed by atoms with E-state index in [1.165, 1.54) is 0 Å². The number of esters is 1. The van der Waals surface area contributed by atoms with Crippen molar-refractivity contribution in [2.75, 3.05) is 0 Å². The van der Waals surface area contributed by atoms with E-state index >= 15 is 0 Å². The Balaban J connectivity index is 4.15. The van der Waals surface area contributed by atoms with Gasteiger partial charge >= 0.3 is 5.97 Å². The summed E-state index contributed by atoms with van der Waals surface area (Å²) in [7, 11) is 0. The van der Waals surface area contributed by atoms with Crippen molar-refractivity contribution in [2.24, 2.45) is 11.5 Å². The molecule has 5 heteroatoms. The summed E-state index contributed by atoms with van der Waals surface area (Å²) < 4.78 is 10.1. The Labute approximate surface area is 84.7 Å². The van der Waals surface area contributed by atoms with Gasteiger partial charge in [0, 0.05) is 0 Å². The van der Waals surface area contributed by atoms with E-state index in [9.17, 15) is 4.79 Å². The topological polar surface area (TPSA) is 87.6 Å². The molecule has 0 aliphatic rings. The molecule has 1 atom stereocenters. The Morgan fingerprint density at radius 2 is 1.57 bits per heavy atom. The molecule has 0 rings (SSSR count). The Kier molecular flexibility index (Phi) is 4.05. The van der Waals surface area contributed by atoms with Gasteiger partial charge in [-0.15, -0.1) is 0 Å². The fraction of sp³-hybridized carbons (Fsp3) is 0.889. The van der Waals surface area contributed by atoms with Crippen LogP contribution in [0.15, 0.2) is 0 Å². The minimum absolute atomic E-state index is 0.518. The van der Waals surface area contributed by atoms with Crippen LogP contribution < -0.4 is 11.5 Å². The van der Waals surface area contributed by atoms with Crippen LogP contribution in [0.1, 0.15) is 34.6 Å². The average Bonchev–Trinajstić information content (AvgIpc) is 1.78. The van der Waals surface area contributed by atoms with Crippen molar-refractivity contribution in [1.29, 1.82) is 0 Å². The summed E-state index contributed by atoms with van der Waals surface area (Å²) in [4.78, 5) is 11.4. The highest BCUT2D eigenvalue weighted by atomic mass is 16.6. The molecule has 0 aromatic carbocycles. The summed E-state index contributed by atoms with van der Waals surface area (Å²) in [6, 6.07) is 0. The fourth-order valence-electron chi connectivity index (χ4n) is 0.846. The Morgan fingerprint density at radius 3 is 1.86 bits per heavy atom. The smallest absolute Gasteiger partial charge is 0.336 e. The first-order chi connectivity index (χ1) is 6.01. The molecule has 5 nitrogen and oxygen atoms in total. The van der Waals surface area contributed by atoms with Crippen molar-refractivity contribution < 1.29 is 14.3 Å². The Morgan fingerprint density at radius 1 is 1.14 bits per heavy atom. The number of hydrogen-bond acceptors (Lipinski definition) is 5. The normalized spacial score (nSPS) is 15.1. The first-order valence-electron chi connectivity index (χ1n) is 4.50. The molecule has 0 aliphatic heterocycles. The molecule has 0 aromatic heterocycles. The zero-order valence-corrected chi connectivity index (χ0v) is 9.46. The molecule has 4 N–H and O–H groups in total. The second-order valence-electron chi connectivity index (χ2n) is 4.39. The highest BCUT2D eigenvalue weighted by molar-refractivity contribution is 5.74. The molecule has 0 saturated carbocycles. The zero-order chi connectivity index (χ0) is 11.6. The predicted molar refractivity (Wildman–Crippen MR) is 53.2 cm³/mol. The fourth-order valence-corrected chi connectivity index (χ4v) is 0.846. The van der Waals surface area contributed by atoms with Crippen LogP contribution in [0.25, 0.3) is 0 Å². The molecule has 84 valence electrons. The summed E-state index contributed by atoms with van der Waals surface area (Å²) in [6.07, 6.45) is -0.724. The molecule has 0 amide bonds. The van der Waals surface area contributed by atoms with Crippen LogP contribution in [0, 0.1) is 0 Å². The van der Waals surface area contributed by atoms with Gasteiger partial charge in [0.1, 0.15) is 5.72 Å². The Bertz CT molecular complexity index is 203. The van der Waals surface area contributed by atoms with Gasteiger partial charge in [0.05, 0.1) is 0 Å². The standard InChI is InChI=1S/C9H20N2O3/c1-6(13-8(2,3)10)7(12)14-9(4,5)11/h6H,10-11H2,1-5H3. The monoisotopic (exact) mass is 204 g/mol. The summed E-state index contributed by atoms with van der Waals surface area (Å²) in [6.45, 7) is 8.06. The average molecular weight is 204 g/mol. The summed E-state index contributed by atoms with van der Waals surface area (Å²) in [5.74, 6) is -0.518. The van der Waals surface area contributed by atoms with Crippen molar-refractivity contribution >= 4 is 5.97 Å². The number of rotatable bonds is 4. The van der Waals surface area contributed by atoms with E-state index in [0.29, 0.717) is 0 Å². The third kappa shape index (κ3) is 6.82. The van der Waals surface area contributed by atoms with Crippen molar-refractivity contribution in [1.82, 2.24) is 0 Å². The largest absolute Gasteiger partial charge is 0.443 e. The van der Waals surface area contributed by atoms with Gasteiger partial charge in [-0.1, -0.05) is 0 Å². The van der Waals surface area contributed by atoms with E-state index < -0.39 is 23.5 Å². The molecule has 14 heavy (non-hydrogen) atoms. The van der Waals surface area contributed by atoms with Gasteiger partial charge in [-0.25, -0.2) is 4.79 Å². The maximum Gasteiger partial charge on any atom is 0.336 e. The molecule has 0 bridgehead atoms. The molecule has 0 fully saturated rings. The van der Waals surface area contributed by atoms with Crippen LogP contribution in [0.2, 0.25) is 0 Å². The lowest BCUT2D eigenvalue weighted by molar-refractivity contribution is -0.177. The maximum atomic E-state index is 11.4. The number of nitrogens with two attached hydrogens (primary N) is 2. The van der Waals surface area contributed by atoms with Gasteiger partial charge in [-0.05, 0) is 34.6 Å². The van der Waals surface area contributed by atoms with E-state index in [2.05, 4.69) is 0 Å². The van der Waals surface area contributed by atoms with Gasteiger partial charge in [0.25, 0.3) is 0 Å². The molecule has 0 heterocycles. The van der Waals surface area contributed by atoms with Crippen molar-refractivity contribution in [3.05, 3.63) is 0 Å². The number of carbonyl (C=O) groups is 1. The summed E-state index contributed by atoms with van der Waals surface area (Å²) in [5, 5.41) is 0. The second-order valence-corrected chi connectivity index (χ2v) is 4.39. The molecule has 0 saturated heterocycles. The predicted octanol–water partition coefficient (Wildman–Crippen LogP) is 0.324. The number of ether oxygens (including phenoxy) is 2. The van der Waals surface area contributed by atoms with Crippen LogP contribution >= 0.6 is 0 Å². The molecule has 0 aliphatic carbocycles. The van der Waals surface area contributed by atoms with E-state index in [1.807, 2.05) is 0 Å². The van der Waals surface area contributed by atoms with Gasteiger partial charge in [0.2, 0.25) is 0 Å². The highest BCUT2D eigenvalue weighted by Crippen LogP contribution is 2.09. The number of carbonyl (C=O) groups excluding carboxylic acids is 1. The molecule has 1 unspecified atom stereocenters. The van der Waals surface area contributed by atoms with E-state index in [4.69, 9.17) is 20.9 Å². The van der Waals surface area contributed by atoms with Gasteiger partial charge in [-0.2, -0.15) is 0 Å². The van der Waals surface area contributed by atoms with Crippen molar-refractivity contribution in [3.63, 3.8) is 0 Å². The molecule has 0 radical (unpaired) electrons.